The Morgan fingerprint density at radius 3 is 2.76 bits per heavy atom. The first-order chi connectivity index (χ1) is 13.9. The molecule has 0 unspecified atom stereocenters. The SMILES string of the molecule is Cc1cc(Cl)cc(Cn2ccnc2CN(CCC(N)=O)Cc2cccc(F)c2)c1. The topological polar surface area (TPSA) is 64.2 Å². The molecule has 0 saturated carbocycles. The highest BCUT2D eigenvalue weighted by molar-refractivity contribution is 6.30. The molecule has 1 amide bonds. The Morgan fingerprint density at radius 1 is 1.21 bits per heavy atom. The maximum Gasteiger partial charge on any atom is 0.218 e. The molecule has 2 N–H and O–H groups in total. The van der Waals surface area contributed by atoms with E-state index in [1.54, 1.807) is 12.3 Å². The number of benzene rings is 2. The number of hydrogen-bond donors (Lipinski definition) is 1. The van der Waals surface area contributed by atoms with Crippen molar-refractivity contribution in [3.05, 3.63) is 88.2 Å². The van der Waals surface area contributed by atoms with E-state index in [1.165, 1.54) is 12.1 Å². The van der Waals surface area contributed by atoms with Crippen LogP contribution in [0.15, 0.2) is 54.9 Å². The largest absolute Gasteiger partial charge is 0.370 e. The highest BCUT2D eigenvalue weighted by atomic mass is 35.5. The first-order valence-corrected chi connectivity index (χ1v) is 9.78. The minimum Gasteiger partial charge on any atom is -0.370 e. The highest BCUT2D eigenvalue weighted by Gasteiger charge is 2.13. The van der Waals surface area contributed by atoms with E-state index in [-0.39, 0.29) is 18.1 Å². The molecule has 3 rings (SSSR count). The van der Waals surface area contributed by atoms with Crippen molar-refractivity contribution in [1.82, 2.24) is 14.5 Å². The highest BCUT2D eigenvalue weighted by Crippen LogP contribution is 2.17. The van der Waals surface area contributed by atoms with E-state index in [0.717, 1.165) is 22.5 Å². The van der Waals surface area contributed by atoms with Crippen LogP contribution in [-0.4, -0.2) is 26.9 Å². The average Bonchev–Trinajstić information content (AvgIpc) is 3.05. The number of imidazole rings is 1. The summed E-state index contributed by atoms with van der Waals surface area (Å²) in [4.78, 5) is 17.8. The Balaban J connectivity index is 1.76. The monoisotopic (exact) mass is 414 g/mol. The summed E-state index contributed by atoms with van der Waals surface area (Å²) in [6.45, 7) is 4.12. The maximum absolute atomic E-state index is 13.6. The molecule has 7 heteroatoms. The van der Waals surface area contributed by atoms with E-state index in [4.69, 9.17) is 17.3 Å². The molecule has 0 aliphatic heterocycles. The van der Waals surface area contributed by atoms with E-state index in [1.807, 2.05) is 40.8 Å². The smallest absolute Gasteiger partial charge is 0.218 e. The molecule has 0 aliphatic carbocycles. The van der Waals surface area contributed by atoms with Crippen LogP contribution in [-0.2, 0) is 24.4 Å². The lowest BCUT2D eigenvalue weighted by molar-refractivity contribution is -0.118. The lowest BCUT2D eigenvalue weighted by Crippen LogP contribution is -2.29. The predicted molar refractivity (Wildman–Crippen MR) is 112 cm³/mol. The van der Waals surface area contributed by atoms with Crippen LogP contribution in [0, 0.1) is 12.7 Å². The summed E-state index contributed by atoms with van der Waals surface area (Å²) < 4.78 is 15.6. The van der Waals surface area contributed by atoms with Gasteiger partial charge >= 0.3 is 0 Å². The van der Waals surface area contributed by atoms with Crippen LogP contribution >= 0.6 is 11.6 Å². The van der Waals surface area contributed by atoms with E-state index < -0.39 is 0 Å². The van der Waals surface area contributed by atoms with Gasteiger partial charge in [0.1, 0.15) is 11.6 Å². The Hall–Kier alpha value is -2.70. The van der Waals surface area contributed by atoms with Crippen molar-refractivity contribution in [2.45, 2.75) is 33.0 Å². The number of carbonyl (C=O) groups is 1. The summed E-state index contributed by atoms with van der Waals surface area (Å²) >= 11 is 6.18. The zero-order chi connectivity index (χ0) is 20.8. The van der Waals surface area contributed by atoms with E-state index >= 15 is 0 Å². The maximum atomic E-state index is 13.6. The van der Waals surface area contributed by atoms with E-state index in [2.05, 4.69) is 11.1 Å². The lowest BCUT2D eigenvalue weighted by atomic mass is 10.1. The van der Waals surface area contributed by atoms with Crippen molar-refractivity contribution >= 4 is 17.5 Å². The average molecular weight is 415 g/mol. The number of hydrogen-bond acceptors (Lipinski definition) is 3. The molecule has 2 aromatic carbocycles. The molecular formula is C22H24ClFN4O. The first kappa shape index (κ1) is 21.0. The minimum atomic E-state index is -0.369. The molecule has 5 nitrogen and oxygen atoms in total. The second-order valence-corrected chi connectivity index (χ2v) is 7.60. The number of primary amides is 1. The summed E-state index contributed by atoms with van der Waals surface area (Å²) in [5, 5.41) is 0.704. The number of aryl methyl sites for hydroxylation is 1. The van der Waals surface area contributed by atoms with E-state index in [0.29, 0.717) is 31.2 Å². The quantitative estimate of drug-likeness (QED) is 0.577. The molecule has 1 aromatic heterocycles. The normalized spacial score (nSPS) is 11.2. The third-order valence-electron chi connectivity index (χ3n) is 4.59. The van der Waals surface area contributed by atoms with Gasteiger partial charge in [-0.3, -0.25) is 9.69 Å². The number of rotatable bonds is 9. The molecule has 0 spiro atoms. The predicted octanol–water partition coefficient (Wildman–Crippen LogP) is 3.91. The summed E-state index contributed by atoms with van der Waals surface area (Å²) in [6.07, 6.45) is 3.89. The Morgan fingerprint density at radius 2 is 2.03 bits per heavy atom. The molecule has 0 bridgehead atoms. The molecule has 152 valence electrons. The standard InChI is InChI=1S/C22H24ClFN4O/c1-16-9-18(11-19(23)10-16)14-28-8-6-26-22(28)15-27(7-5-21(25)29)13-17-3-2-4-20(24)12-17/h2-4,6,8-12H,5,7,13-15H2,1H3,(H2,25,29). The van der Waals surface area contributed by atoms with Crippen molar-refractivity contribution in [2.75, 3.05) is 6.54 Å². The minimum absolute atomic E-state index is 0.226. The summed E-state index contributed by atoms with van der Waals surface area (Å²) in [6, 6.07) is 12.4. The van der Waals surface area contributed by atoms with Crippen molar-refractivity contribution in [3.63, 3.8) is 0 Å². The van der Waals surface area contributed by atoms with Crippen molar-refractivity contribution in [3.8, 4) is 0 Å². The second-order valence-electron chi connectivity index (χ2n) is 7.17. The van der Waals surface area contributed by atoms with Gasteiger partial charge in [0, 0.05) is 43.5 Å². The van der Waals surface area contributed by atoms with Gasteiger partial charge in [-0.15, -0.1) is 0 Å². The zero-order valence-electron chi connectivity index (χ0n) is 16.3. The first-order valence-electron chi connectivity index (χ1n) is 9.40. The molecule has 1 heterocycles. The van der Waals surface area contributed by atoms with Gasteiger partial charge in [-0.05, 0) is 47.9 Å². The second kappa shape index (κ2) is 9.67. The third kappa shape index (κ3) is 6.41. The number of nitrogens with two attached hydrogens (primary N) is 1. The van der Waals surface area contributed by atoms with Gasteiger partial charge in [0.2, 0.25) is 5.91 Å². The van der Waals surface area contributed by atoms with Crippen LogP contribution in [0.25, 0.3) is 0 Å². The fraction of sp³-hybridized carbons (Fsp3) is 0.273. The van der Waals surface area contributed by atoms with Crippen LogP contribution in [0.3, 0.4) is 0 Å². The summed E-state index contributed by atoms with van der Waals surface area (Å²) in [5.74, 6) is 0.200. The fourth-order valence-corrected chi connectivity index (χ4v) is 3.62. The van der Waals surface area contributed by atoms with Crippen LogP contribution < -0.4 is 5.73 Å². The molecule has 0 aliphatic rings. The Labute approximate surface area is 174 Å². The van der Waals surface area contributed by atoms with Crippen LogP contribution in [0.2, 0.25) is 5.02 Å². The number of carbonyl (C=O) groups excluding carboxylic acids is 1. The number of aromatic nitrogens is 2. The van der Waals surface area contributed by atoms with E-state index in [9.17, 15) is 9.18 Å². The molecule has 0 saturated heterocycles. The van der Waals surface area contributed by atoms with Crippen LogP contribution in [0.1, 0.15) is 28.9 Å². The van der Waals surface area contributed by atoms with Gasteiger partial charge in [-0.25, -0.2) is 9.37 Å². The summed E-state index contributed by atoms with van der Waals surface area (Å²) in [7, 11) is 0. The molecule has 29 heavy (non-hydrogen) atoms. The van der Waals surface area contributed by atoms with Gasteiger partial charge in [0.25, 0.3) is 0 Å². The van der Waals surface area contributed by atoms with Crippen LogP contribution in [0.4, 0.5) is 4.39 Å². The number of nitrogens with zero attached hydrogens (tertiary/aromatic N) is 3. The van der Waals surface area contributed by atoms with Gasteiger partial charge in [0.15, 0.2) is 0 Å². The molecule has 0 radical (unpaired) electrons. The molecule has 3 aromatic rings. The zero-order valence-corrected chi connectivity index (χ0v) is 17.1. The fourth-order valence-electron chi connectivity index (χ4n) is 3.31. The Bertz CT molecular complexity index is 968. The molecular weight excluding hydrogens is 391 g/mol. The van der Waals surface area contributed by atoms with Crippen molar-refractivity contribution < 1.29 is 9.18 Å². The summed E-state index contributed by atoms with van der Waals surface area (Å²) in [5.41, 5.74) is 8.35. The number of halogens is 2. The number of amides is 1. The van der Waals surface area contributed by atoms with Crippen molar-refractivity contribution in [1.29, 1.82) is 0 Å². The van der Waals surface area contributed by atoms with Gasteiger partial charge in [-0.1, -0.05) is 29.8 Å². The molecule has 0 fully saturated rings. The van der Waals surface area contributed by atoms with Gasteiger partial charge in [-0.2, -0.15) is 0 Å². The van der Waals surface area contributed by atoms with Gasteiger partial charge in [0.05, 0.1) is 6.54 Å². The van der Waals surface area contributed by atoms with Gasteiger partial charge < -0.3 is 10.3 Å². The lowest BCUT2D eigenvalue weighted by Gasteiger charge is -2.22. The Kier molecular flexibility index (Phi) is 7.01. The third-order valence-corrected chi connectivity index (χ3v) is 4.81. The molecule has 0 atom stereocenters. The van der Waals surface area contributed by atoms with Crippen molar-refractivity contribution in [2.24, 2.45) is 5.73 Å². The van der Waals surface area contributed by atoms with Crippen LogP contribution in [0.5, 0.6) is 0 Å².